The fourth-order valence-electron chi connectivity index (χ4n) is 2.07. The van der Waals surface area contributed by atoms with Crippen molar-refractivity contribution in [3.8, 4) is 0 Å². The molecule has 0 saturated heterocycles. The van der Waals surface area contributed by atoms with Crippen molar-refractivity contribution in [2.75, 3.05) is 19.4 Å². The van der Waals surface area contributed by atoms with Gasteiger partial charge in [0.1, 0.15) is 11.7 Å². The first kappa shape index (κ1) is 18.2. The Morgan fingerprint density at radius 3 is 2.05 bits per heavy atom. The van der Waals surface area contributed by atoms with Crippen LogP contribution >= 0.6 is 34.8 Å². The Morgan fingerprint density at radius 2 is 1.67 bits per heavy atom. The number of benzene rings is 1. The third-order valence-corrected chi connectivity index (χ3v) is 3.64. The molecule has 0 heterocycles. The lowest BCUT2D eigenvalue weighted by atomic mass is 9.94. The van der Waals surface area contributed by atoms with E-state index in [-0.39, 0.29) is 5.78 Å². The average molecular weight is 352 g/mol. The smallest absolute Gasteiger partial charge is 0.236 e. The van der Waals surface area contributed by atoms with Crippen LogP contribution in [0.4, 0.5) is 5.69 Å². The first-order valence-corrected chi connectivity index (χ1v) is 7.37. The first-order chi connectivity index (χ1) is 9.64. The molecule has 0 spiro atoms. The van der Waals surface area contributed by atoms with Gasteiger partial charge in [0.05, 0.1) is 6.04 Å². The summed E-state index contributed by atoms with van der Waals surface area (Å²) in [6.45, 7) is 1.31. The topological polar surface area (TPSA) is 49.4 Å². The number of carbonyl (C=O) groups excluding carboxylic acids is 2. The molecule has 0 aromatic heterocycles. The van der Waals surface area contributed by atoms with Crippen LogP contribution in [0.15, 0.2) is 30.3 Å². The van der Waals surface area contributed by atoms with Crippen LogP contribution in [-0.4, -0.2) is 40.5 Å². The molecule has 7 heteroatoms. The fourth-order valence-corrected chi connectivity index (χ4v) is 3.04. The van der Waals surface area contributed by atoms with E-state index in [9.17, 15) is 9.59 Å². The Balaban J connectivity index is 3.05. The Labute approximate surface area is 139 Å². The second kappa shape index (κ2) is 7.45. The number of para-hydroxylation sites is 1. The number of carbonyl (C=O) groups is 2. The van der Waals surface area contributed by atoms with Crippen LogP contribution in [-0.2, 0) is 9.59 Å². The zero-order chi connectivity index (χ0) is 16.2. The van der Waals surface area contributed by atoms with Gasteiger partial charge in [0.25, 0.3) is 0 Å². The molecule has 1 N–H and O–H groups in total. The van der Waals surface area contributed by atoms with E-state index in [0.29, 0.717) is 5.69 Å². The number of Topliss-reactive ketones (excluding diaryl/α,β-unsaturated/α-hetero) is 1. The molecule has 1 amide bonds. The number of anilines is 1. The summed E-state index contributed by atoms with van der Waals surface area (Å²) in [5.74, 6) is -1.96. The Kier molecular flexibility index (Phi) is 6.47. The van der Waals surface area contributed by atoms with E-state index < -0.39 is 21.7 Å². The molecule has 1 aromatic rings. The number of nitrogens with zero attached hydrogens (tertiary/aromatic N) is 1. The summed E-state index contributed by atoms with van der Waals surface area (Å²) in [6.07, 6.45) is 0. The summed E-state index contributed by atoms with van der Waals surface area (Å²) < 4.78 is -1.77. The van der Waals surface area contributed by atoms with E-state index in [4.69, 9.17) is 34.8 Å². The summed E-state index contributed by atoms with van der Waals surface area (Å²) in [4.78, 5) is 25.9. The molecule has 2 atom stereocenters. The molecule has 0 unspecified atom stereocenters. The maximum atomic E-state index is 12.4. The van der Waals surface area contributed by atoms with Crippen molar-refractivity contribution >= 4 is 52.2 Å². The molecule has 4 nitrogen and oxygen atoms in total. The van der Waals surface area contributed by atoms with Crippen molar-refractivity contribution in [3.05, 3.63) is 30.3 Å². The zero-order valence-corrected chi connectivity index (χ0v) is 14.2. The van der Waals surface area contributed by atoms with Crippen molar-refractivity contribution in [1.29, 1.82) is 0 Å². The molecular weight excluding hydrogens is 335 g/mol. The molecule has 1 rings (SSSR count). The van der Waals surface area contributed by atoms with Gasteiger partial charge in [-0.3, -0.25) is 9.59 Å². The summed E-state index contributed by atoms with van der Waals surface area (Å²) in [5.41, 5.74) is 0.579. The average Bonchev–Trinajstić information content (AvgIpc) is 2.34. The number of hydrogen-bond acceptors (Lipinski definition) is 3. The van der Waals surface area contributed by atoms with E-state index >= 15 is 0 Å². The second-order valence-corrected chi connectivity index (χ2v) is 7.26. The molecule has 0 aliphatic carbocycles. The Bertz CT molecular complexity index is 501. The van der Waals surface area contributed by atoms with Gasteiger partial charge in [0, 0.05) is 5.69 Å². The minimum Gasteiger partial charge on any atom is -0.325 e. The zero-order valence-electron chi connectivity index (χ0n) is 11.9. The summed E-state index contributed by atoms with van der Waals surface area (Å²) in [7, 11) is 3.30. The highest BCUT2D eigenvalue weighted by atomic mass is 35.6. The minimum absolute atomic E-state index is 0.367. The van der Waals surface area contributed by atoms with Gasteiger partial charge in [0.2, 0.25) is 9.70 Å². The predicted molar refractivity (Wildman–Crippen MR) is 87.0 cm³/mol. The second-order valence-electron chi connectivity index (χ2n) is 4.89. The highest BCUT2D eigenvalue weighted by Crippen LogP contribution is 2.37. The van der Waals surface area contributed by atoms with Crippen LogP contribution in [0.3, 0.4) is 0 Å². The predicted octanol–water partition coefficient (Wildman–Crippen LogP) is 3.13. The van der Waals surface area contributed by atoms with Crippen LogP contribution in [0, 0.1) is 5.92 Å². The summed E-state index contributed by atoms with van der Waals surface area (Å²) in [5, 5.41) is 2.67. The number of amides is 1. The van der Waals surface area contributed by atoms with E-state index in [1.165, 1.54) is 6.92 Å². The molecule has 0 bridgehead atoms. The molecule has 0 radical (unpaired) electrons. The summed E-state index contributed by atoms with van der Waals surface area (Å²) >= 11 is 17.8. The molecule has 0 aliphatic heterocycles. The number of nitrogens with one attached hydrogen (secondary N) is 1. The molecule has 116 valence electrons. The van der Waals surface area contributed by atoms with Crippen molar-refractivity contribution in [3.63, 3.8) is 0 Å². The molecular formula is C14H17Cl3N2O2. The highest BCUT2D eigenvalue weighted by Gasteiger charge is 2.45. The van der Waals surface area contributed by atoms with Crippen LogP contribution in [0.5, 0.6) is 0 Å². The van der Waals surface area contributed by atoms with Crippen LogP contribution in [0.1, 0.15) is 6.92 Å². The molecule has 0 fully saturated rings. The monoisotopic (exact) mass is 350 g/mol. The summed E-state index contributed by atoms with van der Waals surface area (Å²) in [6, 6.07) is 7.93. The maximum Gasteiger partial charge on any atom is 0.236 e. The van der Waals surface area contributed by atoms with Gasteiger partial charge in [-0.1, -0.05) is 53.0 Å². The molecule has 0 saturated carbocycles. The Hall–Kier alpha value is -0.810. The number of alkyl halides is 3. The number of rotatable bonds is 5. The molecule has 1 aromatic carbocycles. The van der Waals surface area contributed by atoms with Crippen LogP contribution in [0.25, 0.3) is 0 Å². The van der Waals surface area contributed by atoms with Crippen molar-refractivity contribution in [2.24, 2.45) is 5.92 Å². The molecule has 0 aliphatic rings. The van der Waals surface area contributed by atoms with Crippen molar-refractivity contribution in [1.82, 2.24) is 4.90 Å². The van der Waals surface area contributed by atoms with Gasteiger partial charge >= 0.3 is 0 Å². The van der Waals surface area contributed by atoms with E-state index in [1.807, 2.05) is 6.07 Å². The van der Waals surface area contributed by atoms with E-state index in [1.54, 1.807) is 43.3 Å². The Morgan fingerprint density at radius 1 is 1.14 bits per heavy atom. The SMILES string of the molecule is CC(=O)[C@@H](C(=O)Nc1ccccc1)[C@H](N(C)C)C(Cl)(Cl)Cl. The third kappa shape index (κ3) is 5.15. The normalized spacial score (nSPS) is 14.6. The largest absolute Gasteiger partial charge is 0.325 e. The van der Waals surface area contributed by atoms with E-state index in [2.05, 4.69) is 5.32 Å². The van der Waals surface area contributed by atoms with Crippen LogP contribution in [0.2, 0.25) is 0 Å². The van der Waals surface area contributed by atoms with Crippen molar-refractivity contribution < 1.29 is 9.59 Å². The van der Waals surface area contributed by atoms with Gasteiger partial charge in [-0.05, 0) is 33.2 Å². The van der Waals surface area contributed by atoms with Crippen LogP contribution < -0.4 is 5.32 Å². The van der Waals surface area contributed by atoms with Gasteiger partial charge in [-0.2, -0.15) is 0 Å². The van der Waals surface area contributed by atoms with Gasteiger partial charge in [-0.25, -0.2) is 0 Å². The third-order valence-electron chi connectivity index (χ3n) is 2.97. The minimum atomic E-state index is -1.77. The quantitative estimate of drug-likeness (QED) is 0.655. The molecule has 21 heavy (non-hydrogen) atoms. The van der Waals surface area contributed by atoms with Gasteiger partial charge in [-0.15, -0.1) is 0 Å². The fraction of sp³-hybridized carbons (Fsp3) is 0.429. The number of hydrogen-bond donors (Lipinski definition) is 1. The van der Waals surface area contributed by atoms with Gasteiger partial charge in [0.15, 0.2) is 0 Å². The van der Waals surface area contributed by atoms with Crippen molar-refractivity contribution in [2.45, 2.75) is 16.8 Å². The first-order valence-electron chi connectivity index (χ1n) is 6.24. The maximum absolute atomic E-state index is 12.4. The lowest BCUT2D eigenvalue weighted by Crippen LogP contribution is -2.52. The number of ketones is 1. The van der Waals surface area contributed by atoms with Gasteiger partial charge < -0.3 is 10.2 Å². The number of halogens is 3. The lowest BCUT2D eigenvalue weighted by Gasteiger charge is -2.35. The highest BCUT2D eigenvalue weighted by molar-refractivity contribution is 6.68. The van der Waals surface area contributed by atoms with E-state index in [0.717, 1.165) is 0 Å². The lowest BCUT2D eigenvalue weighted by molar-refractivity contribution is -0.132. The standard InChI is InChI=1S/C14H17Cl3N2O2/c1-9(20)11(12(19(2)3)14(15,16)17)13(21)18-10-7-5-4-6-8-10/h4-8,11-12H,1-3H3,(H,18,21)/t11-,12+/m1/s1.